The first-order valence-electron chi connectivity index (χ1n) is 2.56. The van der Waals surface area contributed by atoms with Gasteiger partial charge in [0.15, 0.2) is 11.4 Å². The summed E-state index contributed by atoms with van der Waals surface area (Å²) in [5.74, 6) is -0.466. The monoisotopic (exact) mass is 136 g/mol. The molecule has 1 saturated heterocycles. The fourth-order valence-electron chi connectivity index (χ4n) is 0.642. The van der Waals surface area contributed by atoms with Crippen molar-refractivity contribution < 1.29 is 9.47 Å². The highest BCUT2D eigenvalue weighted by Crippen LogP contribution is 2.23. The molecule has 0 bridgehead atoms. The van der Waals surface area contributed by atoms with Gasteiger partial charge in [-0.05, 0) is 13.8 Å². The van der Waals surface area contributed by atoms with Crippen molar-refractivity contribution in [2.24, 2.45) is 0 Å². The van der Waals surface area contributed by atoms with Gasteiger partial charge in [0.05, 0.1) is 6.61 Å². The predicted octanol–water partition coefficient (Wildman–Crippen LogP) is 1.33. The number of halogens is 1. The molecular formula is C5H9ClO2. The lowest BCUT2D eigenvalue weighted by Gasteiger charge is -2.14. The fourth-order valence-corrected chi connectivity index (χ4v) is 0.920. The Balaban J connectivity index is 2.44. The van der Waals surface area contributed by atoms with Gasteiger partial charge in [0.25, 0.3) is 0 Å². The number of rotatable bonds is 0. The second-order valence-electron chi connectivity index (χ2n) is 2.24. The summed E-state index contributed by atoms with van der Waals surface area (Å²) in [6.45, 7) is 4.18. The predicted molar refractivity (Wildman–Crippen MR) is 30.8 cm³/mol. The highest BCUT2D eigenvalue weighted by atomic mass is 35.5. The van der Waals surface area contributed by atoms with E-state index in [2.05, 4.69) is 0 Å². The highest BCUT2D eigenvalue weighted by Gasteiger charge is 2.30. The minimum atomic E-state index is -0.466. The number of alkyl halides is 1. The number of hydrogen-bond acceptors (Lipinski definition) is 2. The fraction of sp³-hybridized carbons (Fsp3) is 1.00. The van der Waals surface area contributed by atoms with Crippen LogP contribution in [0.5, 0.6) is 0 Å². The quantitative estimate of drug-likeness (QED) is 0.468. The van der Waals surface area contributed by atoms with Crippen LogP contribution in [0.2, 0.25) is 0 Å². The van der Waals surface area contributed by atoms with Crippen molar-refractivity contribution in [3.8, 4) is 0 Å². The molecule has 1 aliphatic rings. The average Bonchev–Trinajstić information content (AvgIpc) is 1.82. The van der Waals surface area contributed by atoms with Crippen molar-refractivity contribution in [1.82, 2.24) is 0 Å². The summed E-state index contributed by atoms with van der Waals surface area (Å²) < 4.78 is 10.2. The lowest BCUT2D eigenvalue weighted by atomic mass is 10.4. The van der Waals surface area contributed by atoms with E-state index >= 15 is 0 Å². The van der Waals surface area contributed by atoms with Crippen LogP contribution in [0.4, 0.5) is 0 Å². The SMILES string of the molecule is CC1(C)OCC(Cl)O1. The Morgan fingerprint density at radius 1 is 1.62 bits per heavy atom. The first kappa shape index (κ1) is 6.33. The van der Waals surface area contributed by atoms with E-state index in [1.165, 1.54) is 0 Å². The van der Waals surface area contributed by atoms with Crippen LogP contribution >= 0.6 is 11.6 Å². The van der Waals surface area contributed by atoms with Crippen molar-refractivity contribution in [1.29, 1.82) is 0 Å². The minimum Gasteiger partial charge on any atom is -0.346 e. The molecule has 0 N–H and O–H groups in total. The van der Waals surface area contributed by atoms with Crippen molar-refractivity contribution >= 4 is 11.6 Å². The van der Waals surface area contributed by atoms with Crippen LogP contribution in [0.25, 0.3) is 0 Å². The molecule has 1 unspecified atom stereocenters. The third-order valence-corrected chi connectivity index (χ3v) is 1.19. The maximum absolute atomic E-state index is 5.55. The molecule has 0 aromatic rings. The van der Waals surface area contributed by atoms with E-state index in [1.807, 2.05) is 13.8 Å². The third kappa shape index (κ3) is 1.34. The highest BCUT2D eigenvalue weighted by molar-refractivity contribution is 6.19. The zero-order valence-electron chi connectivity index (χ0n) is 4.98. The Kier molecular flexibility index (Phi) is 1.48. The zero-order chi connectivity index (χ0) is 6.20. The van der Waals surface area contributed by atoms with Crippen LogP contribution < -0.4 is 0 Å². The van der Waals surface area contributed by atoms with Gasteiger partial charge >= 0.3 is 0 Å². The van der Waals surface area contributed by atoms with Gasteiger partial charge in [-0.2, -0.15) is 0 Å². The van der Waals surface area contributed by atoms with E-state index in [0.29, 0.717) is 6.61 Å². The summed E-state index contributed by atoms with van der Waals surface area (Å²) in [6.07, 6.45) is 0. The largest absolute Gasteiger partial charge is 0.346 e. The van der Waals surface area contributed by atoms with Crippen molar-refractivity contribution in [2.45, 2.75) is 25.2 Å². The summed E-state index contributed by atoms with van der Waals surface area (Å²) in [4.78, 5) is 0. The maximum Gasteiger partial charge on any atom is 0.165 e. The first-order chi connectivity index (χ1) is 3.60. The molecule has 1 aliphatic heterocycles. The summed E-state index contributed by atoms with van der Waals surface area (Å²) in [6, 6.07) is 0. The van der Waals surface area contributed by atoms with Gasteiger partial charge in [0.2, 0.25) is 0 Å². The van der Waals surface area contributed by atoms with Crippen molar-refractivity contribution in [2.75, 3.05) is 6.61 Å². The van der Waals surface area contributed by atoms with E-state index in [1.54, 1.807) is 0 Å². The molecule has 3 heteroatoms. The van der Waals surface area contributed by atoms with E-state index in [4.69, 9.17) is 21.1 Å². The molecule has 8 heavy (non-hydrogen) atoms. The Bertz CT molecular complexity index is 92.4. The number of hydrogen-bond donors (Lipinski definition) is 0. The Morgan fingerprint density at radius 3 is 2.38 bits per heavy atom. The third-order valence-electron chi connectivity index (χ3n) is 0.974. The van der Waals surface area contributed by atoms with Gasteiger partial charge in [-0.25, -0.2) is 0 Å². The smallest absolute Gasteiger partial charge is 0.165 e. The van der Waals surface area contributed by atoms with Gasteiger partial charge in [0, 0.05) is 0 Å². The lowest BCUT2D eigenvalue weighted by Crippen LogP contribution is -2.19. The number of ether oxygens (including phenoxy) is 2. The van der Waals surface area contributed by atoms with Crippen LogP contribution in [-0.4, -0.2) is 18.0 Å². The van der Waals surface area contributed by atoms with Crippen molar-refractivity contribution in [3.63, 3.8) is 0 Å². The maximum atomic E-state index is 5.55. The molecule has 0 radical (unpaired) electrons. The molecule has 2 nitrogen and oxygen atoms in total. The minimum absolute atomic E-state index is 0.259. The van der Waals surface area contributed by atoms with Gasteiger partial charge in [-0.3, -0.25) is 0 Å². The summed E-state index contributed by atoms with van der Waals surface area (Å²) in [5.41, 5.74) is -0.259. The van der Waals surface area contributed by atoms with E-state index in [0.717, 1.165) is 0 Å². The summed E-state index contributed by atoms with van der Waals surface area (Å²) >= 11 is 5.55. The Morgan fingerprint density at radius 2 is 2.25 bits per heavy atom. The van der Waals surface area contributed by atoms with E-state index < -0.39 is 5.79 Å². The molecule has 0 amide bonds. The van der Waals surface area contributed by atoms with Gasteiger partial charge < -0.3 is 9.47 Å². The standard InChI is InChI=1S/C5H9ClO2/c1-5(2)7-3-4(6)8-5/h4H,3H2,1-2H3. The molecule has 1 fully saturated rings. The summed E-state index contributed by atoms with van der Waals surface area (Å²) in [7, 11) is 0. The second-order valence-corrected chi connectivity index (χ2v) is 2.73. The molecule has 0 spiro atoms. The van der Waals surface area contributed by atoms with Crippen molar-refractivity contribution in [3.05, 3.63) is 0 Å². The lowest BCUT2D eigenvalue weighted by molar-refractivity contribution is -0.129. The molecule has 0 aromatic carbocycles. The second kappa shape index (κ2) is 1.87. The first-order valence-corrected chi connectivity index (χ1v) is 3.00. The molecule has 0 aliphatic carbocycles. The van der Waals surface area contributed by atoms with E-state index in [-0.39, 0.29) is 5.56 Å². The summed E-state index contributed by atoms with van der Waals surface area (Å²) in [5, 5.41) is 0. The van der Waals surface area contributed by atoms with Gasteiger partial charge in [-0.1, -0.05) is 11.6 Å². The molecule has 1 rings (SSSR count). The zero-order valence-corrected chi connectivity index (χ0v) is 5.73. The molecule has 48 valence electrons. The van der Waals surface area contributed by atoms with Crippen LogP contribution in [-0.2, 0) is 9.47 Å². The topological polar surface area (TPSA) is 18.5 Å². The van der Waals surface area contributed by atoms with Crippen LogP contribution in [0.3, 0.4) is 0 Å². The molecule has 0 aromatic heterocycles. The normalized spacial score (nSPS) is 35.6. The molecular weight excluding hydrogens is 128 g/mol. The van der Waals surface area contributed by atoms with Crippen LogP contribution in [0.15, 0.2) is 0 Å². The average molecular weight is 137 g/mol. The molecule has 0 saturated carbocycles. The molecule has 1 heterocycles. The van der Waals surface area contributed by atoms with Crippen LogP contribution in [0.1, 0.15) is 13.8 Å². The van der Waals surface area contributed by atoms with E-state index in [9.17, 15) is 0 Å². The van der Waals surface area contributed by atoms with Gasteiger partial charge in [0.1, 0.15) is 0 Å². The molecule has 1 atom stereocenters. The Hall–Kier alpha value is 0.210. The Labute approximate surface area is 53.7 Å². The van der Waals surface area contributed by atoms with Crippen LogP contribution in [0, 0.1) is 0 Å². The van der Waals surface area contributed by atoms with Gasteiger partial charge in [-0.15, -0.1) is 0 Å².